The van der Waals surface area contributed by atoms with E-state index < -0.39 is 97.5 Å². The number of hydrogen-bond donors (Lipinski definition) is 3. The lowest BCUT2D eigenvalue weighted by Gasteiger charge is -2.21. The van der Waals surface area contributed by atoms with Gasteiger partial charge >= 0.3 is 39.5 Å². The second kappa shape index (κ2) is 70.6. The molecule has 0 aliphatic heterocycles. The third kappa shape index (κ3) is 71.7. The summed E-state index contributed by atoms with van der Waals surface area (Å²) in [5, 5.41) is 10.6. The van der Waals surface area contributed by atoms with Gasteiger partial charge in [0.25, 0.3) is 0 Å². The van der Waals surface area contributed by atoms with Gasteiger partial charge in [0.1, 0.15) is 19.3 Å². The smallest absolute Gasteiger partial charge is 0.462 e. The van der Waals surface area contributed by atoms with Crippen LogP contribution in [0.15, 0.2) is 24.3 Å². The molecule has 19 heteroatoms. The summed E-state index contributed by atoms with van der Waals surface area (Å²) in [6.07, 6.45) is 63.2. The van der Waals surface area contributed by atoms with Crippen LogP contribution in [0, 0.1) is 5.92 Å². The average Bonchev–Trinajstić information content (AvgIpc) is 1.15. The Hall–Kier alpha value is -2.46. The fourth-order valence-electron chi connectivity index (χ4n) is 11.5. The number of carbonyl (C=O) groups is 4. The molecule has 97 heavy (non-hydrogen) atoms. The quantitative estimate of drug-likeness (QED) is 0.0169. The van der Waals surface area contributed by atoms with Gasteiger partial charge in [0.05, 0.1) is 26.4 Å². The number of aliphatic hydroxyl groups excluding tert-OH is 1. The average molecular weight is 1420 g/mol. The molecule has 17 nitrogen and oxygen atoms in total. The van der Waals surface area contributed by atoms with Gasteiger partial charge in [0.15, 0.2) is 12.2 Å². The van der Waals surface area contributed by atoms with E-state index in [0.29, 0.717) is 25.7 Å². The highest BCUT2D eigenvalue weighted by Crippen LogP contribution is 2.45. The molecule has 0 saturated carbocycles. The Labute approximate surface area is 592 Å². The number of carbonyl (C=O) groups excluding carboxylic acids is 4. The van der Waals surface area contributed by atoms with Gasteiger partial charge in [-0.3, -0.25) is 37.3 Å². The van der Waals surface area contributed by atoms with Gasteiger partial charge < -0.3 is 33.8 Å². The molecular weight excluding hydrogens is 1270 g/mol. The highest BCUT2D eigenvalue weighted by molar-refractivity contribution is 7.47. The first-order valence-electron chi connectivity index (χ1n) is 40.0. The molecule has 0 aliphatic carbocycles. The van der Waals surface area contributed by atoms with Crippen molar-refractivity contribution in [3.05, 3.63) is 24.3 Å². The fraction of sp³-hybridized carbons (Fsp3) is 0.897. The molecule has 0 aliphatic rings. The maximum atomic E-state index is 13.1. The molecule has 0 fully saturated rings. The minimum Gasteiger partial charge on any atom is -0.462 e. The van der Waals surface area contributed by atoms with Crippen LogP contribution in [-0.2, 0) is 65.4 Å². The Morgan fingerprint density at radius 3 is 0.845 bits per heavy atom. The van der Waals surface area contributed by atoms with Crippen LogP contribution >= 0.6 is 15.6 Å². The molecule has 0 rings (SSSR count). The van der Waals surface area contributed by atoms with E-state index in [1.165, 1.54) is 193 Å². The number of allylic oxidation sites excluding steroid dienone is 4. The van der Waals surface area contributed by atoms with Gasteiger partial charge in [0, 0.05) is 25.7 Å². The van der Waals surface area contributed by atoms with E-state index in [4.69, 9.17) is 37.0 Å². The number of unbranched alkanes of at least 4 members (excludes halogenated alkanes) is 45. The van der Waals surface area contributed by atoms with Gasteiger partial charge in [-0.2, -0.15) is 0 Å². The number of aliphatic hydroxyl groups is 1. The summed E-state index contributed by atoms with van der Waals surface area (Å²) in [5.74, 6) is -1.38. The predicted octanol–water partition coefficient (Wildman–Crippen LogP) is 22.8. The molecular formula is C78H148O17P2. The maximum Gasteiger partial charge on any atom is 0.472 e. The molecule has 0 aromatic heterocycles. The monoisotopic (exact) mass is 1420 g/mol. The zero-order valence-corrected chi connectivity index (χ0v) is 64.5. The second-order valence-electron chi connectivity index (χ2n) is 27.9. The third-order valence-electron chi connectivity index (χ3n) is 17.7. The Balaban J connectivity index is 5.27. The van der Waals surface area contributed by atoms with E-state index in [1.807, 2.05) is 0 Å². The number of ether oxygens (including phenoxy) is 4. The Morgan fingerprint density at radius 1 is 0.320 bits per heavy atom. The van der Waals surface area contributed by atoms with Gasteiger partial charge in [-0.05, 0) is 57.3 Å². The van der Waals surface area contributed by atoms with Gasteiger partial charge in [-0.15, -0.1) is 0 Å². The van der Waals surface area contributed by atoms with Crippen molar-refractivity contribution in [2.24, 2.45) is 5.92 Å². The summed E-state index contributed by atoms with van der Waals surface area (Å²) in [7, 11) is -9.92. The van der Waals surface area contributed by atoms with Crippen LogP contribution in [0.2, 0.25) is 0 Å². The van der Waals surface area contributed by atoms with Crippen molar-refractivity contribution >= 4 is 39.5 Å². The summed E-state index contributed by atoms with van der Waals surface area (Å²) >= 11 is 0. The minimum absolute atomic E-state index is 0.102. The summed E-state index contributed by atoms with van der Waals surface area (Å²) in [4.78, 5) is 72.9. The molecule has 2 unspecified atom stereocenters. The maximum absolute atomic E-state index is 13.1. The summed E-state index contributed by atoms with van der Waals surface area (Å²) in [6, 6.07) is 0. The van der Waals surface area contributed by atoms with Crippen LogP contribution in [0.4, 0.5) is 0 Å². The second-order valence-corrected chi connectivity index (χ2v) is 30.8. The van der Waals surface area contributed by atoms with Crippen molar-refractivity contribution in [3.63, 3.8) is 0 Å². The first-order valence-corrected chi connectivity index (χ1v) is 42.9. The van der Waals surface area contributed by atoms with E-state index in [2.05, 4.69) is 58.9 Å². The van der Waals surface area contributed by atoms with Crippen molar-refractivity contribution in [3.8, 4) is 0 Å². The topological polar surface area (TPSA) is 237 Å². The molecule has 0 heterocycles. The molecule has 0 amide bonds. The Kier molecular flexibility index (Phi) is 68.8. The van der Waals surface area contributed by atoms with Gasteiger partial charge in [0.2, 0.25) is 0 Å². The zero-order chi connectivity index (χ0) is 71.2. The molecule has 0 radical (unpaired) electrons. The van der Waals surface area contributed by atoms with Crippen molar-refractivity contribution < 1.29 is 80.2 Å². The number of phosphoric ester groups is 2. The first-order chi connectivity index (χ1) is 47.0. The highest BCUT2D eigenvalue weighted by atomic mass is 31.2. The zero-order valence-electron chi connectivity index (χ0n) is 62.7. The third-order valence-corrected chi connectivity index (χ3v) is 19.6. The van der Waals surface area contributed by atoms with Gasteiger partial charge in [-0.1, -0.05) is 335 Å². The lowest BCUT2D eigenvalue weighted by Crippen LogP contribution is -2.30. The summed E-state index contributed by atoms with van der Waals surface area (Å²) in [5.41, 5.74) is 0. The largest absolute Gasteiger partial charge is 0.472 e. The predicted molar refractivity (Wildman–Crippen MR) is 395 cm³/mol. The van der Waals surface area contributed by atoms with E-state index in [9.17, 15) is 43.2 Å². The molecule has 572 valence electrons. The van der Waals surface area contributed by atoms with Crippen LogP contribution in [0.5, 0.6) is 0 Å². The molecule has 0 aromatic rings. The molecule has 0 saturated heterocycles. The fourth-order valence-corrected chi connectivity index (χ4v) is 13.1. The molecule has 0 bridgehead atoms. The number of rotatable bonds is 76. The van der Waals surface area contributed by atoms with Gasteiger partial charge in [-0.25, -0.2) is 9.13 Å². The van der Waals surface area contributed by atoms with E-state index in [1.54, 1.807) is 0 Å². The lowest BCUT2D eigenvalue weighted by atomic mass is 10.0. The van der Waals surface area contributed by atoms with E-state index >= 15 is 0 Å². The SMILES string of the molecule is CCCCCC/C=C\C=C/CCCCCCCC(=O)OC[C@H](COP(=O)(O)OC[C@@H](O)COP(=O)(O)OC[C@@H](COC(=O)CCCCCCCCCCCC)OC(=O)CCCCCCCCCCCCCC(C)C)OC(=O)CCCCCCCCCCCCCCCCCCCC. The van der Waals surface area contributed by atoms with Crippen molar-refractivity contribution in [2.45, 2.75) is 406 Å². The minimum atomic E-state index is -4.97. The van der Waals surface area contributed by atoms with Crippen LogP contribution in [0.25, 0.3) is 0 Å². The standard InChI is InChI=1S/C78H148O17P2/c1-6-9-12-15-18-21-24-26-28-29-30-32-34-38-43-48-53-58-63-77(82)94-74(68-89-76(81)62-57-52-47-42-37-33-31-27-25-22-19-16-13-10-7-2)70-93-97(86,87)91-66-72(79)65-90-96(84,85)92-69-73(67-88-75(80)61-56-51-46-41-23-20-17-14-11-8-3)95-78(83)64-59-54-49-44-39-35-36-40-45-50-55-60-71(4)5/h22,25,27,31,71-74,79H,6-21,23-24,26,28-30,32-70H2,1-5H3,(H,84,85)(H,86,87)/b25-22-,31-27-/t72-,73+,74+/m0/s1. The highest BCUT2D eigenvalue weighted by Gasteiger charge is 2.30. The lowest BCUT2D eigenvalue weighted by molar-refractivity contribution is -0.161. The summed E-state index contributed by atoms with van der Waals surface area (Å²) < 4.78 is 68.5. The van der Waals surface area contributed by atoms with Crippen LogP contribution in [-0.4, -0.2) is 96.7 Å². The molecule has 0 spiro atoms. The van der Waals surface area contributed by atoms with E-state index in [0.717, 1.165) is 115 Å². The number of hydrogen-bond acceptors (Lipinski definition) is 15. The Bertz CT molecular complexity index is 1950. The van der Waals surface area contributed by atoms with Crippen molar-refractivity contribution in [1.29, 1.82) is 0 Å². The number of esters is 4. The Morgan fingerprint density at radius 2 is 0.557 bits per heavy atom. The van der Waals surface area contributed by atoms with Crippen LogP contribution < -0.4 is 0 Å². The normalized spacial score (nSPS) is 14.1. The van der Waals surface area contributed by atoms with Crippen molar-refractivity contribution in [2.75, 3.05) is 39.6 Å². The van der Waals surface area contributed by atoms with E-state index in [-0.39, 0.29) is 25.7 Å². The molecule has 3 N–H and O–H groups in total. The molecule has 0 aromatic carbocycles. The van der Waals surface area contributed by atoms with Crippen LogP contribution in [0.1, 0.15) is 388 Å². The molecule has 5 atom stereocenters. The summed E-state index contributed by atoms with van der Waals surface area (Å²) in [6.45, 7) is 7.23. The first kappa shape index (κ1) is 94.5. The van der Waals surface area contributed by atoms with Crippen LogP contribution in [0.3, 0.4) is 0 Å². The number of phosphoric acid groups is 2. The van der Waals surface area contributed by atoms with Crippen molar-refractivity contribution in [1.82, 2.24) is 0 Å².